The Labute approximate surface area is 110 Å². The molecule has 0 radical (unpaired) electrons. The number of ether oxygens (including phenoxy) is 1. The Balaban J connectivity index is 2.38. The Bertz CT molecular complexity index is 394. The highest BCUT2D eigenvalue weighted by Gasteiger charge is 2.11. The molecular weight excluding hydrogens is 256 g/mol. The first-order valence-corrected chi connectivity index (χ1v) is 5.92. The van der Waals surface area contributed by atoms with Gasteiger partial charge in [-0.1, -0.05) is 0 Å². The standard InChI is InChI=1S/C11H19F2N5O/c1-14-11(16-4-3-7-19-2)17-8-9-15-5-6-18(9)10(12)13/h5-6,10H,3-4,7-8H2,1-2H3,(H2,14,16,17). The maximum absolute atomic E-state index is 12.6. The van der Waals surface area contributed by atoms with Crippen molar-refractivity contribution in [2.45, 2.75) is 19.5 Å². The average Bonchev–Trinajstić information content (AvgIpc) is 2.86. The first kappa shape index (κ1) is 15.4. The minimum atomic E-state index is -2.59. The van der Waals surface area contributed by atoms with Gasteiger partial charge in [-0.25, -0.2) is 4.98 Å². The molecule has 1 aromatic rings. The van der Waals surface area contributed by atoms with Gasteiger partial charge in [0.15, 0.2) is 5.96 Å². The Hall–Kier alpha value is -1.70. The molecule has 1 heterocycles. The van der Waals surface area contributed by atoms with Crippen LogP contribution in [0.1, 0.15) is 18.8 Å². The Kier molecular flexibility index (Phi) is 6.80. The molecule has 0 saturated carbocycles. The fourth-order valence-corrected chi connectivity index (χ4v) is 1.47. The molecule has 2 N–H and O–H groups in total. The molecule has 8 heteroatoms. The topological polar surface area (TPSA) is 63.5 Å². The minimum Gasteiger partial charge on any atom is -0.385 e. The summed E-state index contributed by atoms with van der Waals surface area (Å²) >= 11 is 0. The van der Waals surface area contributed by atoms with Crippen molar-refractivity contribution >= 4 is 5.96 Å². The SMILES string of the molecule is CN=C(NCCCOC)NCc1nccn1C(F)F. The van der Waals surface area contributed by atoms with Gasteiger partial charge in [0.1, 0.15) is 5.82 Å². The van der Waals surface area contributed by atoms with Crippen molar-refractivity contribution in [1.82, 2.24) is 20.2 Å². The summed E-state index contributed by atoms with van der Waals surface area (Å²) in [6.07, 6.45) is 3.43. The van der Waals surface area contributed by atoms with Crippen LogP contribution in [0.25, 0.3) is 0 Å². The largest absolute Gasteiger partial charge is 0.385 e. The van der Waals surface area contributed by atoms with Gasteiger partial charge in [-0.15, -0.1) is 0 Å². The van der Waals surface area contributed by atoms with E-state index in [1.165, 1.54) is 12.4 Å². The molecule has 0 unspecified atom stereocenters. The van der Waals surface area contributed by atoms with Gasteiger partial charge in [-0.2, -0.15) is 8.78 Å². The molecule has 0 bridgehead atoms. The summed E-state index contributed by atoms with van der Waals surface area (Å²) in [6, 6.07) is 0. The van der Waals surface area contributed by atoms with Crippen molar-refractivity contribution in [3.8, 4) is 0 Å². The summed E-state index contributed by atoms with van der Waals surface area (Å²) in [7, 11) is 3.25. The molecule has 0 spiro atoms. The van der Waals surface area contributed by atoms with Crippen molar-refractivity contribution < 1.29 is 13.5 Å². The molecule has 0 aromatic carbocycles. The molecule has 0 atom stereocenters. The maximum atomic E-state index is 12.6. The summed E-state index contributed by atoms with van der Waals surface area (Å²) in [5, 5.41) is 5.98. The number of guanidine groups is 1. The Morgan fingerprint density at radius 3 is 2.95 bits per heavy atom. The normalized spacial score (nSPS) is 11.9. The molecule has 1 rings (SSSR count). The van der Waals surface area contributed by atoms with E-state index in [2.05, 4.69) is 20.6 Å². The number of aromatic nitrogens is 2. The van der Waals surface area contributed by atoms with Crippen molar-refractivity contribution in [3.05, 3.63) is 18.2 Å². The molecule has 0 saturated heterocycles. The zero-order valence-electron chi connectivity index (χ0n) is 11.1. The van der Waals surface area contributed by atoms with Gasteiger partial charge in [-0.3, -0.25) is 9.56 Å². The van der Waals surface area contributed by atoms with Crippen molar-refractivity contribution in [2.75, 3.05) is 27.3 Å². The van der Waals surface area contributed by atoms with Gasteiger partial charge in [-0.05, 0) is 6.42 Å². The number of hydrogen-bond acceptors (Lipinski definition) is 3. The van der Waals surface area contributed by atoms with Crippen LogP contribution < -0.4 is 10.6 Å². The smallest absolute Gasteiger partial charge is 0.319 e. The van der Waals surface area contributed by atoms with Crippen molar-refractivity contribution in [2.24, 2.45) is 4.99 Å². The lowest BCUT2D eigenvalue weighted by atomic mass is 10.4. The van der Waals surface area contributed by atoms with Gasteiger partial charge in [0.05, 0.1) is 6.54 Å². The number of aliphatic imine (C=N–C) groups is 1. The van der Waals surface area contributed by atoms with E-state index in [1.807, 2.05) is 0 Å². The van der Waals surface area contributed by atoms with E-state index < -0.39 is 6.55 Å². The number of halogens is 2. The molecule has 0 aliphatic heterocycles. The van der Waals surface area contributed by atoms with Crippen LogP contribution in [-0.4, -0.2) is 42.8 Å². The van der Waals surface area contributed by atoms with Gasteiger partial charge in [0.25, 0.3) is 0 Å². The van der Waals surface area contributed by atoms with Crippen LogP contribution in [0.5, 0.6) is 0 Å². The number of imidazole rings is 1. The summed E-state index contributed by atoms with van der Waals surface area (Å²) in [5.74, 6) is 0.801. The van der Waals surface area contributed by atoms with Crippen LogP contribution in [0.4, 0.5) is 8.78 Å². The predicted molar refractivity (Wildman–Crippen MR) is 68.2 cm³/mol. The van der Waals surface area contributed by atoms with E-state index in [1.54, 1.807) is 14.2 Å². The molecule has 0 fully saturated rings. The summed E-state index contributed by atoms with van der Waals surface area (Å²) in [4.78, 5) is 7.86. The first-order valence-electron chi connectivity index (χ1n) is 5.92. The quantitative estimate of drug-likeness (QED) is 0.442. The second kappa shape index (κ2) is 8.41. The number of alkyl halides is 2. The van der Waals surface area contributed by atoms with Gasteiger partial charge in [0, 0.05) is 39.7 Å². The monoisotopic (exact) mass is 275 g/mol. The molecule has 0 amide bonds. The highest BCUT2D eigenvalue weighted by atomic mass is 19.3. The molecule has 6 nitrogen and oxygen atoms in total. The summed E-state index contributed by atoms with van der Waals surface area (Å²) in [5.41, 5.74) is 0. The van der Waals surface area contributed by atoms with Crippen LogP contribution in [0, 0.1) is 0 Å². The van der Waals surface area contributed by atoms with E-state index >= 15 is 0 Å². The van der Waals surface area contributed by atoms with E-state index in [0.29, 0.717) is 19.1 Å². The van der Waals surface area contributed by atoms with E-state index in [0.717, 1.165) is 11.0 Å². The van der Waals surface area contributed by atoms with Gasteiger partial charge >= 0.3 is 6.55 Å². The van der Waals surface area contributed by atoms with Gasteiger partial charge in [0.2, 0.25) is 0 Å². The van der Waals surface area contributed by atoms with Crippen molar-refractivity contribution in [1.29, 1.82) is 0 Å². The maximum Gasteiger partial charge on any atom is 0.319 e. The Morgan fingerprint density at radius 1 is 1.53 bits per heavy atom. The van der Waals surface area contributed by atoms with Crippen LogP contribution in [0.3, 0.4) is 0 Å². The molecule has 0 aliphatic rings. The summed E-state index contributed by atoms with van der Waals surface area (Å²) in [6.45, 7) is -1.06. The lowest BCUT2D eigenvalue weighted by molar-refractivity contribution is 0.0668. The molecule has 1 aromatic heterocycles. The zero-order valence-corrected chi connectivity index (χ0v) is 11.1. The molecular formula is C11H19F2N5O. The summed E-state index contributed by atoms with van der Waals surface area (Å²) < 4.78 is 30.9. The van der Waals surface area contributed by atoms with E-state index in [9.17, 15) is 8.78 Å². The Morgan fingerprint density at radius 2 is 2.32 bits per heavy atom. The van der Waals surface area contributed by atoms with Crippen LogP contribution >= 0.6 is 0 Å². The first-order chi connectivity index (χ1) is 9.19. The third-order valence-corrected chi connectivity index (χ3v) is 2.41. The molecule has 0 aliphatic carbocycles. The highest BCUT2D eigenvalue weighted by Crippen LogP contribution is 2.11. The molecule has 108 valence electrons. The lowest BCUT2D eigenvalue weighted by Crippen LogP contribution is -2.38. The van der Waals surface area contributed by atoms with E-state index in [-0.39, 0.29) is 12.4 Å². The van der Waals surface area contributed by atoms with E-state index in [4.69, 9.17) is 4.74 Å². The number of hydrogen-bond donors (Lipinski definition) is 2. The predicted octanol–water partition coefficient (Wildman–Crippen LogP) is 0.980. The minimum absolute atomic E-state index is 0.182. The van der Waals surface area contributed by atoms with Crippen LogP contribution in [0.2, 0.25) is 0 Å². The number of methoxy groups -OCH3 is 1. The van der Waals surface area contributed by atoms with Crippen LogP contribution in [0.15, 0.2) is 17.4 Å². The zero-order chi connectivity index (χ0) is 14.1. The third kappa shape index (κ3) is 5.21. The lowest BCUT2D eigenvalue weighted by Gasteiger charge is -2.12. The van der Waals surface area contributed by atoms with Crippen LogP contribution in [-0.2, 0) is 11.3 Å². The van der Waals surface area contributed by atoms with Crippen molar-refractivity contribution in [3.63, 3.8) is 0 Å². The fourth-order valence-electron chi connectivity index (χ4n) is 1.47. The number of rotatable bonds is 7. The molecule has 19 heavy (non-hydrogen) atoms. The second-order valence-corrected chi connectivity index (χ2v) is 3.73. The number of nitrogens with zero attached hydrogens (tertiary/aromatic N) is 3. The third-order valence-electron chi connectivity index (χ3n) is 2.41. The fraction of sp³-hybridized carbons (Fsp3) is 0.636. The number of nitrogens with one attached hydrogen (secondary N) is 2. The average molecular weight is 275 g/mol. The second-order valence-electron chi connectivity index (χ2n) is 3.73. The highest BCUT2D eigenvalue weighted by molar-refractivity contribution is 5.79. The van der Waals surface area contributed by atoms with Gasteiger partial charge < -0.3 is 15.4 Å².